The van der Waals surface area contributed by atoms with Crippen LogP contribution in [0.1, 0.15) is 11.1 Å². The van der Waals surface area contributed by atoms with Gasteiger partial charge in [0.1, 0.15) is 0 Å². The molecule has 0 radical (unpaired) electrons. The first-order chi connectivity index (χ1) is 12.9. The molecular weight excluding hydrogens is 390 g/mol. The quantitative estimate of drug-likeness (QED) is 0.508. The Balaban J connectivity index is 2.05. The van der Waals surface area contributed by atoms with E-state index in [1.807, 2.05) is 12.1 Å². The third kappa shape index (κ3) is 6.09. The number of allylic oxidation sites excluding steroid dienone is 1. The number of sulfonamides is 1. The van der Waals surface area contributed by atoms with Gasteiger partial charge in [0.25, 0.3) is 0 Å². The van der Waals surface area contributed by atoms with Crippen molar-refractivity contribution in [3.05, 3.63) is 59.7 Å². The van der Waals surface area contributed by atoms with Crippen LogP contribution in [-0.4, -0.2) is 34.4 Å². The van der Waals surface area contributed by atoms with Crippen molar-refractivity contribution >= 4 is 32.9 Å². The number of hydrogen-bond donors (Lipinski definition) is 1. The summed E-state index contributed by atoms with van der Waals surface area (Å²) in [6.07, 6.45) is 3.11. The maximum atomic E-state index is 12.5. The summed E-state index contributed by atoms with van der Waals surface area (Å²) in [5, 5.41) is -0.628. The summed E-state index contributed by atoms with van der Waals surface area (Å²) >= 11 is 5.25. The summed E-state index contributed by atoms with van der Waals surface area (Å²) in [5.74, 6) is 1.20. The number of halogens is 1. The fraction of sp³-hybridized carbons (Fsp3) is 0.211. The first kappa shape index (κ1) is 21.0. The Morgan fingerprint density at radius 2 is 1.85 bits per heavy atom. The molecule has 0 unspecified atom stereocenters. The number of rotatable bonds is 9. The molecule has 0 saturated carbocycles. The number of methoxy groups -OCH3 is 2. The number of ether oxygens (including phenoxy) is 2. The molecular formula is C19H20ClNO5S. The van der Waals surface area contributed by atoms with Gasteiger partial charge in [0.15, 0.2) is 11.5 Å². The molecule has 6 nitrogen and oxygen atoms in total. The zero-order valence-electron chi connectivity index (χ0n) is 14.9. The van der Waals surface area contributed by atoms with E-state index in [0.29, 0.717) is 23.5 Å². The summed E-state index contributed by atoms with van der Waals surface area (Å²) in [7, 11) is -0.579. The summed E-state index contributed by atoms with van der Waals surface area (Å²) in [5.41, 5.74) is 1.47. The highest BCUT2D eigenvalue weighted by atomic mass is 35.5. The minimum Gasteiger partial charge on any atom is -0.493 e. The standard InChI is InChI=1S/C19H20ClNO5S/c1-25-17-8-6-15(13-18(17)26-2)10-11-21-27(23,24)16-5-3-4-14(12-16)7-9-19(20)22/h3-9,12-13,21H,10-11H2,1-2H3/b9-7+. The Morgan fingerprint density at radius 1 is 1.11 bits per heavy atom. The lowest BCUT2D eigenvalue weighted by Gasteiger charge is -2.10. The van der Waals surface area contributed by atoms with E-state index in [1.54, 1.807) is 32.4 Å². The van der Waals surface area contributed by atoms with Crippen molar-refractivity contribution in [1.82, 2.24) is 4.72 Å². The second kappa shape index (κ2) is 9.55. The Labute approximate surface area is 163 Å². The molecule has 1 N–H and O–H groups in total. The van der Waals surface area contributed by atoms with Crippen LogP contribution in [0.3, 0.4) is 0 Å². The van der Waals surface area contributed by atoms with Gasteiger partial charge < -0.3 is 9.47 Å². The van der Waals surface area contributed by atoms with Gasteiger partial charge in [0.2, 0.25) is 15.3 Å². The van der Waals surface area contributed by atoms with Crippen LogP contribution in [0, 0.1) is 0 Å². The molecule has 0 spiro atoms. The Morgan fingerprint density at radius 3 is 2.52 bits per heavy atom. The van der Waals surface area contributed by atoms with E-state index >= 15 is 0 Å². The van der Waals surface area contributed by atoms with Gasteiger partial charge in [-0.15, -0.1) is 0 Å². The number of nitrogens with one attached hydrogen (secondary N) is 1. The van der Waals surface area contributed by atoms with E-state index in [-0.39, 0.29) is 11.4 Å². The third-order valence-electron chi connectivity index (χ3n) is 3.73. The molecule has 0 aliphatic rings. The average molecular weight is 410 g/mol. The van der Waals surface area contributed by atoms with Gasteiger partial charge in [-0.2, -0.15) is 0 Å². The molecule has 0 fully saturated rings. The van der Waals surface area contributed by atoms with E-state index in [0.717, 1.165) is 11.6 Å². The van der Waals surface area contributed by atoms with Crippen LogP contribution in [0.15, 0.2) is 53.4 Å². The summed E-state index contributed by atoms with van der Waals surface area (Å²) in [4.78, 5) is 10.9. The Kier molecular flexibility index (Phi) is 7.41. The minimum atomic E-state index is -3.68. The van der Waals surface area contributed by atoms with Crippen molar-refractivity contribution in [1.29, 1.82) is 0 Å². The molecule has 0 saturated heterocycles. The molecule has 0 amide bonds. The maximum Gasteiger partial charge on any atom is 0.245 e. The molecule has 0 aromatic heterocycles. The van der Waals surface area contributed by atoms with Crippen molar-refractivity contribution in [2.75, 3.05) is 20.8 Å². The van der Waals surface area contributed by atoms with Crippen LogP contribution in [0.2, 0.25) is 0 Å². The van der Waals surface area contributed by atoms with Crippen LogP contribution < -0.4 is 14.2 Å². The smallest absolute Gasteiger partial charge is 0.245 e. The average Bonchev–Trinajstić information content (AvgIpc) is 2.66. The number of carbonyl (C=O) groups excluding carboxylic acids is 1. The Hall–Kier alpha value is -2.35. The zero-order chi connectivity index (χ0) is 19.9. The number of carbonyl (C=O) groups is 1. The van der Waals surface area contributed by atoms with Gasteiger partial charge in [0, 0.05) is 6.54 Å². The minimum absolute atomic E-state index is 0.110. The van der Waals surface area contributed by atoms with Crippen molar-refractivity contribution < 1.29 is 22.7 Å². The zero-order valence-corrected chi connectivity index (χ0v) is 16.5. The molecule has 0 bridgehead atoms. The van der Waals surface area contributed by atoms with Crippen LogP contribution in [0.4, 0.5) is 0 Å². The van der Waals surface area contributed by atoms with E-state index in [9.17, 15) is 13.2 Å². The van der Waals surface area contributed by atoms with Crippen molar-refractivity contribution in [3.8, 4) is 11.5 Å². The van der Waals surface area contributed by atoms with Crippen LogP contribution in [0.25, 0.3) is 6.08 Å². The van der Waals surface area contributed by atoms with Gasteiger partial charge in [-0.1, -0.05) is 24.3 Å². The van der Waals surface area contributed by atoms with Gasteiger partial charge >= 0.3 is 0 Å². The second-order valence-corrected chi connectivity index (χ2v) is 7.69. The van der Waals surface area contributed by atoms with Crippen molar-refractivity contribution in [2.24, 2.45) is 0 Å². The third-order valence-corrected chi connectivity index (χ3v) is 5.31. The molecule has 0 atom stereocenters. The summed E-state index contributed by atoms with van der Waals surface area (Å²) in [6, 6.07) is 11.7. The van der Waals surface area contributed by atoms with E-state index in [4.69, 9.17) is 21.1 Å². The lowest BCUT2D eigenvalue weighted by atomic mass is 10.1. The normalized spacial score (nSPS) is 11.5. The van der Waals surface area contributed by atoms with E-state index < -0.39 is 15.3 Å². The lowest BCUT2D eigenvalue weighted by molar-refractivity contribution is -0.107. The Bertz CT molecular complexity index is 941. The second-order valence-electron chi connectivity index (χ2n) is 5.55. The predicted octanol–water partition coefficient (Wildman–Crippen LogP) is 3.00. The van der Waals surface area contributed by atoms with Gasteiger partial charge in [-0.25, -0.2) is 13.1 Å². The highest BCUT2D eigenvalue weighted by Crippen LogP contribution is 2.27. The largest absolute Gasteiger partial charge is 0.493 e. The monoisotopic (exact) mass is 409 g/mol. The number of benzene rings is 2. The molecule has 2 aromatic rings. The molecule has 0 aliphatic heterocycles. The highest BCUT2D eigenvalue weighted by Gasteiger charge is 2.14. The van der Waals surface area contributed by atoms with Crippen LogP contribution >= 0.6 is 11.6 Å². The number of hydrogen-bond acceptors (Lipinski definition) is 5. The first-order valence-electron chi connectivity index (χ1n) is 8.04. The molecule has 27 heavy (non-hydrogen) atoms. The van der Waals surface area contributed by atoms with Crippen molar-refractivity contribution in [2.45, 2.75) is 11.3 Å². The SMILES string of the molecule is COc1ccc(CCNS(=O)(=O)c2cccc(/C=C/C(=O)Cl)c2)cc1OC. The fourth-order valence-electron chi connectivity index (χ4n) is 2.40. The highest BCUT2D eigenvalue weighted by molar-refractivity contribution is 7.89. The van der Waals surface area contributed by atoms with Crippen LogP contribution in [-0.2, 0) is 21.2 Å². The van der Waals surface area contributed by atoms with Crippen molar-refractivity contribution in [3.63, 3.8) is 0 Å². The van der Waals surface area contributed by atoms with Crippen LogP contribution in [0.5, 0.6) is 11.5 Å². The molecule has 8 heteroatoms. The molecule has 2 rings (SSSR count). The fourth-order valence-corrected chi connectivity index (χ4v) is 3.55. The predicted molar refractivity (Wildman–Crippen MR) is 105 cm³/mol. The summed E-state index contributed by atoms with van der Waals surface area (Å²) < 4.78 is 37.9. The molecule has 0 heterocycles. The first-order valence-corrected chi connectivity index (χ1v) is 9.90. The van der Waals surface area contributed by atoms with Gasteiger partial charge in [-0.3, -0.25) is 4.79 Å². The topological polar surface area (TPSA) is 81.7 Å². The summed E-state index contributed by atoms with van der Waals surface area (Å²) in [6.45, 7) is 0.220. The molecule has 2 aromatic carbocycles. The molecule has 144 valence electrons. The van der Waals surface area contributed by atoms with Gasteiger partial charge in [0.05, 0.1) is 19.1 Å². The van der Waals surface area contributed by atoms with E-state index in [2.05, 4.69) is 4.72 Å². The maximum absolute atomic E-state index is 12.5. The lowest BCUT2D eigenvalue weighted by Crippen LogP contribution is -2.26. The van der Waals surface area contributed by atoms with Gasteiger partial charge in [-0.05, 0) is 59.5 Å². The molecule has 0 aliphatic carbocycles. The van der Waals surface area contributed by atoms with E-state index in [1.165, 1.54) is 18.2 Å².